The van der Waals surface area contributed by atoms with E-state index >= 15 is 0 Å². The van der Waals surface area contributed by atoms with Crippen LogP contribution in [-0.2, 0) is 0 Å². The second kappa shape index (κ2) is 2.26. The van der Waals surface area contributed by atoms with Crippen molar-refractivity contribution < 1.29 is 4.79 Å². The molecule has 1 aliphatic rings. The van der Waals surface area contributed by atoms with Gasteiger partial charge in [0.2, 0.25) is 0 Å². The fraction of sp³-hybridized carbons (Fsp3) is 0. The molecule has 0 atom stereocenters. The number of nitrogen functional groups attached to an aromatic ring is 1. The Labute approximate surface area is 80.5 Å². The van der Waals surface area contributed by atoms with Gasteiger partial charge in [-0.2, -0.15) is 0 Å². The maximum absolute atomic E-state index is 11.5. The lowest BCUT2D eigenvalue weighted by Crippen LogP contribution is -2.03. The maximum Gasteiger partial charge on any atom is 0.256 e. The Kier molecular flexibility index (Phi) is 1.19. The highest BCUT2D eigenvalue weighted by molar-refractivity contribution is 6.25. The highest BCUT2D eigenvalue weighted by Crippen LogP contribution is 2.35. The Morgan fingerprint density at radius 3 is 2.86 bits per heavy atom. The molecule has 0 radical (unpaired) electrons. The summed E-state index contributed by atoms with van der Waals surface area (Å²) in [5, 5.41) is 4.69. The molecule has 0 saturated heterocycles. The van der Waals surface area contributed by atoms with Crippen molar-refractivity contribution in [3.05, 3.63) is 35.9 Å². The number of carbonyl (C=O) groups excluding carboxylic acids is 1. The summed E-state index contributed by atoms with van der Waals surface area (Å²) in [5.41, 5.74) is 8.11. The van der Waals surface area contributed by atoms with E-state index in [1.807, 2.05) is 30.3 Å². The van der Waals surface area contributed by atoms with Gasteiger partial charge >= 0.3 is 0 Å². The van der Waals surface area contributed by atoms with Gasteiger partial charge in [-0.15, -0.1) is 0 Å². The molecule has 2 aromatic rings. The van der Waals surface area contributed by atoms with Crippen LogP contribution in [0.4, 0.5) is 11.4 Å². The number of hydrogen-bond acceptors (Lipinski definition) is 2. The summed E-state index contributed by atoms with van der Waals surface area (Å²) >= 11 is 0. The molecule has 0 bridgehead atoms. The minimum absolute atomic E-state index is 0.0452. The molecule has 3 rings (SSSR count). The van der Waals surface area contributed by atoms with E-state index in [0.717, 1.165) is 16.5 Å². The highest BCUT2D eigenvalue weighted by atomic mass is 16.1. The van der Waals surface area contributed by atoms with Crippen LogP contribution in [0.1, 0.15) is 10.4 Å². The van der Waals surface area contributed by atoms with E-state index in [0.29, 0.717) is 11.3 Å². The maximum atomic E-state index is 11.5. The van der Waals surface area contributed by atoms with Crippen LogP contribution in [0.2, 0.25) is 0 Å². The topological polar surface area (TPSA) is 55.1 Å². The Morgan fingerprint density at radius 1 is 1.14 bits per heavy atom. The van der Waals surface area contributed by atoms with Gasteiger partial charge in [-0.1, -0.05) is 12.1 Å². The third kappa shape index (κ3) is 0.738. The Hall–Kier alpha value is -2.03. The summed E-state index contributed by atoms with van der Waals surface area (Å²) in [7, 11) is 0. The second-order valence-electron chi connectivity index (χ2n) is 3.38. The summed E-state index contributed by atoms with van der Waals surface area (Å²) in [5.74, 6) is -0.0452. The molecule has 0 unspecified atom stereocenters. The number of benzene rings is 2. The van der Waals surface area contributed by atoms with Gasteiger partial charge in [0, 0.05) is 27.7 Å². The Balaban J connectivity index is 2.58. The number of carbonyl (C=O) groups is 1. The fourth-order valence-corrected chi connectivity index (χ4v) is 1.91. The minimum Gasteiger partial charge on any atom is -0.398 e. The van der Waals surface area contributed by atoms with Gasteiger partial charge in [0.25, 0.3) is 5.91 Å². The molecule has 2 aromatic carbocycles. The van der Waals surface area contributed by atoms with Crippen molar-refractivity contribution in [3.63, 3.8) is 0 Å². The summed E-state index contributed by atoms with van der Waals surface area (Å²) in [6, 6.07) is 9.24. The highest BCUT2D eigenvalue weighted by Gasteiger charge is 2.21. The van der Waals surface area contributed by atoms with Crippen LogP contribution < -0.4 is 11.1 Å². The SMILES string of the molecule is Nc1ccc2c3c(cccc13)C(=O)N2. The van der Waals surface area contributed by atoms with Crippen LogP contribution in [0.5, 0.6) is 0 Å². The van der Waals surface area contributed by atoms with Crippen molar-refractivity contribution in [1.82, 2.24) is 0 Å². The van der Waals surface area contributed by atoms with E-state index in [1.54, 1.807) is 0 Å². The van der Waals surface area contributed by atoms with Gasteiger partial charge in [-0.3, -0.25) is 4.79 Å². The first-order valence-corrected chi connectivity index (χ1v) is 4.40. The van der Waals surface area contributed by atoms with Crippen LogP contribution in [-0.4, -0.2) is 5.91 Å². The van der Waals surface area contributed by atoms with E-state index in [4.69, 9.17) is 5.73 Å². The summed E-state index contributed by atoms with van der Waals surface area (Å²) < 4.78 is 0. The first kappa shape index (κ1) is 7.38. The van der Waals surface area contributed by atoms with Gasteiger partial charge in [0.05, 0.1) is 0 Å². The van der Waals surface area contributed by atoms with Crippen molar-refractivity contribution >= 4 is 28.1 Å². The predicted molar refractivity (Wildman–Crippen MR) is 56.3 cm³/mol. The fourth-order valence-electron chi connectivity index (χ4n) is 1.91. The molecular formula is C11H8N2O. The number of hydrogen-bond donors (Lipinski definition) is 2. The number of nitrogens with two attached hydrogens (primary N) is 1. The molecule has 1 amide bonds. The van der Waals surface area contributed by atoms with Crippen LogP contribution >= 0.6 is 0 Å². The van der Waals surface area contributed by atoms with Crippen LogP contribution in [0.25, 0.3) is 10.8 Å². The molecule has 14 heavy (non-hydrogen) atoms. The largest absolute Gasteiger partial charge is 0.398 e. The Morgan fingerprint density at radius 2 is 2.00 bits per heavy atom. The Bertz CT molecular complexity index is 560. The molecule has 1 aliphatic heterocycles. The first-order chi connectivity index (χ1) is 6.77. The van der Waals surface area contributed by atoms with E-state index in [2.05, 4.69) is 5.32 Å². The lowest BCUT2D eigenvalue weighted by molar-refractivity contribution is 0.103. The third-order valence-corrected chi connectivity index (χ3v) is 2.57. The molecule has 0 fully saturated rings. The summed E-state index contributed by atoms with van der Waals surface area (Å²) in [6.45, 7) is 0. The zero-order chi connectivity index (χ0) is 9.71. The molecular weight excluding hydrogens is 176 g/mol. The smallest absolute Gasteiger partial charge is 0.256 e. The molecule has 0 aliphatic carbocycles. The zero-order valence-electron chi connectivity index (χ0n) is 7.37. The first-order valence-electron chi connectivity index (χ1n) is 4.40. The molecule has 68 valence electrons. The molecule has 3 N–H and O–H groups in total. The average Bonchev–Trinajstić information content (AvgIpc) is 2.52. The number of amides is 1. The van der Waals surface area contributed by atoms with Crippen LogP contribution in [0.15, 0.2) is 30.3 Å². The van der Waals surface area contributed by atoms with Gasteiger partial charge in [-0.25, -0.2) is 0 Å². The number of rotatable bonds is 0. The minimum atomic E-state index is -0.0452. The van der Waals surface area contributed by atoms with E-state index in [-0.39, 0.29) is 5.91 Å². The van der Waals surface area contributed by atoms with Crippen molar-refractivity contribution in [2.75, 3.05) is 11.1 Å². The predicted octanol–water partition coefficient (Wildman–Crippen LogP) is 1.99. The lowest BCUT2D eigenvalue weighted by Gasteiger charge is -2.02. The van der Waals surface area contributed by atoms with E-state index in [1.165, 1.54) is 0 Å². The summed E-state index contributed by atoms with van der Waals surface area (Å²) in [6.07, 6.45) is 0. The van der Waals surface area contributed by atoms with Gasteiger partial charge < -0.3 is 11.1 Å². The van der Waals surface area contributed by atoms with Gasteiger partial charge in [0.1, 0.15) is 0 Å². The molecule has 3 nitrogen and oxygen atoms in total. The van der Waals surface area contributed by atoms with E-state index < -0.39 is 0 Å². The monoisotopic (exact) mass is 184 g/mol. The standard InChI is InChI=1S/C11H8N2O/c12-8-4-5-9-10-6(8)2-1-3-7(10)11(14)13-9/h1-5H,12H2,(H,13,14). The molecule has 0 aromatic heterocycles. The van der Waals surface area contributed by atoms with Crippen LogP contribution in [0.3, 0.4) is 0 Å². The average molecular weight is 184 g/mol. The zero-order valence-corrected chi connectivity index (χ0v) is 7.37. The molecule has 3 heteroatoms. The van der Waals surface area contributed by atoms with Crippen molar-refractivity contribution in [2.24, 2.45) is 0 Å². The molecule has 0 saturated carbocycles. The number of nitrogens with one attached hydrogen (secondary N) is 1. The van der Waals surface area contributed by atoms with Crippen molar-refractivity contribution in [3.8, 4) is 0 Å². The second-order valence-corrected chi connectivity index (χ2v) is 3.38. The van der Waals surface area contributed by atoms with Crippen LogP contribution in [0, 0.1) is 0 Å². The lowest BCUT2D eigenvalue weighted by atomic mass is 10.0. The van der Waals surface area contributed by atoms with Crippen molar-refractivity contribution in [1.29, 1.82) is 0 Å². The third-order valence-electron chi connectivity index (χ3n) is 2.57. The van der Waals surface area contributed by atoms with Gasteiger partial charge in [-0.05, 0) is 18.2 Å². The molecule has 0 spiro atoms. The van der Waals surface area contributed by atoms with E-state index in [9.17, 15) is 4.79 Å². The summed E-state index contributed by atoms with van der Waals surface area (Å²) in [4.78, 5) is 11.5. The molecule has 1 heterocycles. The van der Waals surface area contributed by atoms with Gasteiger partial charge in [0.15, 0.2) is 0 Å². The quantitative estimate of drug-likeness (QED) is 0.615. The van der Waals surface area contributed by atoms with Crippen molar-refractivity contribution in [2.45, 2.75) is 0 Å². The normalized spacial score (nSPS) is 13.3. The number of anilines is 2.